The Morgan fingerprint density at radius 1 is 1.03 bits per heavy atom. The summed E-state index contributed by atoms with van der Waals surface area (Å²) in [6.07, 6.45) is 5.13. The third-order valence-electron chi connectivity index (χ3n) is 4.13. The smallest absolute Gasteiger partial charge is 0.423 e. The fourth-order valence-corrected chi connectivity index (χ4v) is 2.46. The van der Waals surface area contributed by atoms with E-state index < -0.39 is 7.12 Å². The number of aromatic nitrogens is 1. The van der Waals surface area contributed by atoms with E-state index in [1.807, 2.05) is 47.3 Å². The third-order valence-corrected chi connectivity index (χ3v) is 4.13. The summed E-state index contributed by atoms with van der Waals surface area (Å²) in [5.74, 6) is -0.0944. The van der Waals surface area contributed by atoms with Gasteiger partial charge in [-0.15, -0.1) is 0 Å². The first-order chi connectivity index (χ1) is 14.3. The molecule has 0 saturated carbocycles. The maximum absolute atomic E-state index is 11.0. The zero-order chi connectivity index (χ0) is 22.4. The van der Waals surface area contributed by atoms with E-state index in [4.69, 9.17) is 0 Å². The monoisotopic (exact) mass is 412 g/mol. The minimum absolute atomic E-state index is 0.0382. The average Bonchev–Trinajstić information content (AvgIpc) is 2.74. The Kier molecular flexibility index (Phi) is 11.8. The van der Waals surface area contributed by atoms with E-state index in [0.717, 1.165) is 12.0 Å². The van der Waals surface area contributed by atoms with Crippen LogP contribution in [0, 0.1) is 0 Å². The second-order valence-corrected chi connectivity index (χ2v) is 6.71. The van der Waals surface area contributed by atoms with Crippen molar-refractivity contribution in [1.82, 2.24) is 10.6 Å². The Balaban J connectivity index is 0.000000304. The van der Waals surface area contributed by atoms with Gasteiger partial charge in [0.2, 0.25) is 11.8 Å². The molecule has 0 aliphatic heterocycles. The third kappa shape index (κ3) is 10.00. The maximum Gasteiger partial charge on any atom is 0.488 e. The van der Waals surface area contributed by atoms with E-state index in [9.17, 15) is 19.6 Å². The standard InChI is InChI=1S/C12H13BNO2.C10H18N2O2/c15-13(16)12-7-3-2-6-11(12)10-14-8-4-1-5-9-14;1-4-9(13)11-6-5-7-12-10(14)8(2)3/h1-9,15-16H,10H2;2,4-7H2,1,3H3,(H,11,13)(H,12,14)/q+1;. The van der Waals surface area contributed by atoms with Crippen LogP contribution < -0.4 is 20.7 Å². The Bertz CT molecular complexity index is 813. The predicted molar refractivity (Wildman–Crippen MR) is 118 cm³/mol. The van der Waals surface area contributed by atoms with E-state index >= 15 is 0 Å². The van der Waals surface area contributed by atoms with Crippen LogP contribution in [0.5, 0.6) is 0 Å². The number of nitrogens with zero attached hydrogens (tertiary/aromatic N) is 1. The van der Waals surface area contributed by atoms with Crippen molar-refractivity contribution in [3.05, 3.63) is 72.6 Å². The molecule has 8 heteroatoms. The molecule has 0 saturated heterocycles. The number of carbonyl (C=O) groups is 2. The van der Waals surface area contributed by atoms with Crippen molar-refractivity contribution in [1.29, 1.82) is 0 Å². The van der Waals surface area contributed by atoms with Crippen LogP contribution in [0.4, 0.5) is 0 Å². The minimum Gasteiger partial charge on any atom is -0.423 e. The SMILES string of the molecule is C=C(C)C(=O)NCCCNC(=O)CC.OB(O)c1ccccc1C[n+]1ccccc1. The molecule has 0 atom stereocenters. The van der Waals surface area contributed by atoms with Gasteiger partial charge in [-0.3, -0.25) is 9.59 Å². The molecular formula is C22H31BN3O4+. The lowest BCUT2D eigenvalue weighted by molar-refractivity contribution is -0.688. The molecule has 0 aliphatic rings. The molecule has 1 aromatic heterocycles. The molecule has 0 aliphatic carbocycles. The van der Waals surface area contributed by atoms with Crippen molar-refractivity contribution in [2.75, 3.05) is 13.1 Å². The Hall–Kier alpha value is -2.97. The predicted octanol–water partition coefficient (Wildman–Crippen LogP) is 0.297. The average molecular weight is 412 g/mol. The summed E-state index contributed by atoms with van der Waals surface area (Å²) in [5.41, 5.74) is 1.97. The lowest BCUT2D eigenvalue weighted by Gasteiger charge is -2.05. The first-order valence-corrected chi connectivity index (χ1v) is 9.93. The Morgan fingerprint density at radius 2 is 1.67 bits per heavy atom. The molecule has 30 heavy (non-hydrogen) atoms. The zero-order valence-corrected chi connectivity index (χ0v) is 17.7. The molecule has 2 amide bonds. The second kappa shape index (κ2) is 14.1. The molecule has 0 fully saturated rings. The quantitative estimate of drug-likeness (QED) is 0.206. The number of carbonyl (C=O) groups excluding carboxylic acids is 2. The first-order valence-electron chi connectivity index (χ1n) is 9.93. The van der Waals surface area contributed by atoms with Crippen LogP contribution in [0.1, 0.15) is 32.3 Å². The molecule has 7 nitrogen and oxygen atoms in total. The number of pyridine rings is 1. The molecule has 0 bridgehead atoms. The van der Waals surface area contributed by atoms with E-state index in [2.05, 4.69) is 17.2 Å². The van der Waals surface area contributed by atoms with E-state index in [-0.39, 0.29) is 11.8 Å². The highest BCUT2D eigenvalue weighted by molar-refractivity contribution is 6.59. The lowest BCUT2D eigenvalue weighted by Crippen LogP contribution is -2.40. The number of amides is 2. The van der Waals surface area contributed by atoms with E-state index in [0.29, 0.717) is 37.1 Å². The van der Waals surface area contributed by atoms with Crippen molar-refractivity contribution in [2.24, 2.45) is 0 Å². The van der Waals surface area contributed by atoms with Crippen molar-refractivity contribution in [3.8, 4) is 0 Å². The lowest BCUT2D eigenvalue weighted by atomic mass is 9.77. The summed E-state index contributed by atoms with van der Waals surface area (Å²) in [5, 5.41) is 23.9. The first kappa shape index (κ1) is 25.1. The van der Waals surface area contributed by atoms with Gasteiger partial charge >= 0.3 is 7.12 Å². The normalized spacial score (nSPS) is 9.73. The minimum atomic E-state index is -1.42. The summed E-state index contributed by atoms with van der Waals surface area (Å²) < 4.78 is 1.99. The molecule has 2 rings (SSSR count). The fraction of sp³-hybridized carbons (Fsp3) is 0.318. The number of nitrogens with one attached hydrogen (secondary N) is 2. The van der Waals surface area contributed by atoms with Gasteiger partial charge < -0.3 is 20.7 Å². The Morgan fingerprint density at radius 3 is 2.27 bits per heavy atom. The van der Waals surface area contributed by atoms with Crippen LogP contribution in [0.3, 0.4) is 0 Å². The molecular weight excluding hydrogens is 381 g/mol. The zero-order valence-electron chi connectivity index (χ0n) is 17.7. The largest absolute Gasteiger partial charge is 0.488 e. The second-order valence-electron chi connectivity index (χ2n) is 6.71. The molecule has 0 unspecified atom stereocenters. The van der Waals surface area contributed by atoms with Gasteiger partial charge in [0.1, 0.15) is 0 Å². The Labute approximate surface area is 178 Å². The van der Waals surface area contributed by atoms with Gasteiger partial charge in [-0.1, -0.05) is 43.8 Å². The number of benzene rings is 1. The van der Waals surface area contributed by atoms with E-state index in [1.54, 1.807) is 26.0 Å². The summed E-state index contributed by atoms with van der Waals surface area (Å²) in [4.78, 5) is 21.8. The highest BCUT2D eigenvalue weighted by Crippen LogP contribution is 1.96. The number of hydrogen-bond acceptors (Lipinski definition) is 4. The van der Waals surface area contributed by atoms with Crippen molar-refractivity contribution < 1.29 is 24.2 Å². The van der Waals surface area contributed by atoms with Gasteiger partial charge in [-0.25, -0.2) is 4.57 Å². The highest BCUT2D eigenvalue weighted by Gasteiger charge is 2.17. The summed E-state index contributed by atoms with van der Waals surface area (Å²) in [6.45, 7) is 8.78. The van der Waals surface area contributed by atoms with Gasteiger partial charge in [0.15, 0.2) is 18.9 Å². The van der Waals surface area contributed by atoms with Crippen LogP contribution >= 0.6 is 0 Å². The molecule has 1 heterocycles. The van der Waals surface area contributed by atoms with Crippen LogP contribution in [-0.2, 0) is 16.1 Å². The number of hydrogen-bond donors (Lipinski definition) is 4. The van der Waals surface area contributed by atoms with Gasteiger partial charge in [-0.05, 0) is 18.8 Å². The van der Waals surface area contributed by atoms with E-state index in [1.165, 1.54) is 0 Å². The number of rotatable bonds is 9. The van der Waals surface area contributed by atoms with Gasteiger partial charge in [-0.2, -0.15) is 0 Å². The molecule has 2 aromatic rings. The van der Waals surface area contributed by atoms with Crippen molar-refractivity contribution >= 4 is 24.4 Å². The van der Waals surface area contributed by atoms with Crippen LogP contribution in [0.15, 0.2) is 67.0 Å². The molecule has 4 N–H and O–H groups in total. The van der Waals surface area contributed by atoms with Gasteiger partial charge in [0, 0.05) is 42.8 Å². The molecule has 0 radical (unpaired) electrons. The van der Waals surface area contributed by atoms with Crippen LogP contribution in [-0.4, -0.2) is 42.1 Å². The van der Waals surface area contributed by atoms with Crippen LogP contribution in [0.25, 0.3) is 0 Å². The maximum atomic E-state index is 11.0. The molecule has 1 aromatic carbocycles. The summed E-state index contributed by atoms with van der Waals surface area (Å²) in [7, 11) is -1.42. The highest BCUT2D eigenvalue weighted by atomic mass is 16.4. The van der Waals surface area contributed by atoms with Gasteiger partial charge in [0.05, 0.1) is 0 Å². The summed E-state index contributed by atoms with van der Waals surface area (Å²) >= 11 is 0. The van der Waals surface area contributed by atoms with Crippen molar-refractivity contribution in [3.63, 3.8) is 0 Å². The molecule has 160 valence electrons. The van der Waals surface area contributed by atoms with Gasteiger partial charge in [0.25, 0.3) is 0 Å². The van der Waals surface area contributed by atoms with Crippen molar-refractivity contribution in [2.45, 2.75) is 33.2 Å². The summed E-state index contributed by atoms with van der Waals surface area (Å²) in [6, 6.07) is 13.1. The van der Waals surface area contributed by atoms with Crippen LogP contribution in [0.2, 0.25) is 0 Å². The topological polar surface area (TPSA) is 103 Å². The molecule has 0 spiro atoms. The fourth-order valence-electron chi connectivity index (χ4n) is 2.46.